The van der Waals surface area contributed by atoms with Crippen molar-refractivity contribution < 1.29 is 23.9 Å². The molecule has 1 amide bonds. The molecular weight excluding hydrogens is 616 g/mol. The van der Waals surface area contributed by atoms with Gasteiger partial charge < -0.3 is 29.0 Å². The van der Waals surface area contributed by atoms with Crippen molar-refractivity contribution >= 4 is 36.0 Å². The van der Waals surface area contributed by atoms with Crippen LogP contribution in [0.1, 0.15) is 53.3 Å². The second-order valence-corrected chi connectivity index (χ2v) is 19.2. The van der Waals surface area contributed by atoms with Crippen LogP contribution in [0.25, 0.3) is 21.8 Å². The van der Waals surface area contributed by atoms with Crippen molar-refractivity contribution in [3.63, 3.8) is 0 Å². The molecule has 4 heterocycles. The summed E-state index contributed by atoms with van der Waals surface area (Å²) in [6.07, 6.45) is 2.16. The number of hydrogen-bond donors (Lipinski definition) is 2. The normalized spacial score (nSPS) is 15.0. The minimum Gasteiger partial charge on any atom is -0.436 e. The van der Waals surface area contributed by atoms with Gasteiger partial charge in [0.25, 0.3) is 11.4 Å². The summed E-state index contributed by atoms with van der Waals surface area (Å²) in [7, 11) is -1.18. The lowest BCUT2D eigenvalue weighted by Gasteiger charge is -2.32. The molecule has 12 nitrogen and oxygen atoms in total. The third-order valence-electron chi connectivity index (χ3n) is 8.67. The first-order valence-electron chi connectivity index (χ1n) is 16.1. The van der Waals surface area contributed by atoms with Crippen molar-refractivity contribution in [2.75, 3.05) is 19.7 Å². The zero-order chi connectivity index (χ0) is 33.1. The number of aryl methyl sites for hydroxylation is 1. The van der Waals surface area contributed by atoms with E-state index in [4.69, 9.17) is 19.1 Å². The van der Waals surface area contributed by atoms with Gasteiger partial charge in [-0.25, -0.2) is 9.48 Å². The van der Waals surface area contributed by atoms with Crippen LogP contribution in [0.4, 0.5) is 4.79 Å². The van der Waals surface area contributed by atoms with Gasteiger partial charge in [0.05, 0.1) is 5.52 Å². The minimum atomic E-state index is -1.18. The van der Waals surface area contributed by atoms with Crippen LogP contribution in [-0.4, -0.2) is 68.8 Å². The summed E-state index contributed by atoms with van der Waals surface area (Å²) in [4.78, 5) is 35.2. The molecule has 0 aliphatic carbocycles. The van der Waals surface area contributed by atoms with E-state index < -0.39 is 26.9 Å². The molecule has 3 aromatic heterocycles. The smallest absolute Gasteiger partial charge is 0.410 e. The molecule has 1 fully saturated rings. The fourth-order valence-electron chi connectivity index (χ4n) is 6.05. The van der Waals surface area contributed by atoms with E-state index >= 15 is 0 Å². The van der Waals surface area contributed by atoms with Gasteiger partial charge in [-0.3, -0.25) is 4.79 Å². The Morgan fingerprint density at radius 3 is 2.68 bits per heavy atom. The molecule has 248 valence electrons. The molecule has 13 heteroatoms. The summed E-state index contributed by atoms with van der Waals surface area (Å²) in [5.41, 5.74) is 4.23. The Balaban J connectivity index is 1.14. The van der Waals surface area contributed by atoms with Crippen LogP contribution >= 0.6 is 0 Å². The van der Waals surface area contributed by atoms with Gasteiger partial charge in [0.15, 0.2) is 11.9 Å². The number of rotatable bonds is 11. The zero-order valence-electron chi connectivity index (χ0n) is 27.4. The lowest BCUT2D eigenvalue weighted by atomic mass is 9.89. The third-order valence-corrected chi connectivity index (χ3v) is 10.4. The van der Waals surface area contributed by atoms with E-state index in [1.54, 1.807) is 4.90 Å². The van der Waals surface area contributed by atoms with Crippen LogP contribution in [0, 0.1) is 6.92 Å². The van der Waals surface area contributed by atoms with Gasteiger partial charge in [-0.15, -0.1) is 0 Å². The number of piperidine rings is 1. The molecular formula is C34H42N6O6Si. The molecule has 0 unspecified atom stereocenters. The number of nitrogens with zero attached hydrogens (tertiary/aromatic N) is 5. The monoisotopic (exact) mass is 658 g/mol. The van der Waals surface area contributed by atoms with E-state index in [-0.39, 0.29) is 29.6 Å². The second-order valence-electron chi connectivity index (χ2n) is 13.6. The molecule has 5 aromatic rings. The van der Waals surface area contributed by atoms with Crippen LogP contribution in [-0.2, 0) is 29.2 Å². The van der Waals surface area contributed by atoms with E-state index in [0.717, 1.165) is 44.5 Å². The van der Waals surface area contributed by atoms with Crippen molar-refractivity contribution in [3.8, 4) is 0 Å². The Morgan fingerprint density at radius 2 is 1.94 bits per heavy atom. The Bertz CT molecular complexity index is 1920. The fourth-order valence-corrected chi connectivity index (χ4v) is 6.81. The molecule has 1 aliphatic rings. The summed E-state index contributed by atoms with van der Waals surface area (Å²) in [6, 6.07) is 14.8. The van der Waals surface area contributed by atoms with Gasteiger partial charge in [0.2, 0.25) is 0 Å². The number of fused-ring (bicyclic) bond motifs is 2. The molecule has 0 saturated carbocycles. The highest BCUT2D eigenvalue weighted by Crippen LogP contribution is 2.30. The van der Waals surface area contributed by atoms with E-state index in [1.165, 1.54) is 0 Å². The maximum Gasteiger partial charge on any atom is 0.410 e. The van der Waals surface area contributed by atoms with Crippen molar-refractivity contribution in [2.24, 2.45) is 0 Å². The molecule has 1 atom stereocenters. The predicted octanol–water partition coefficient (Wildman–Crippen LogP) is 5.67. The van der Waals surface area contributed by atoms with Gasteiger partial charge in [-0.2, -0.15) is 10.1 Å². The number of nitrogens with one attached hydrogen (secondary N) is 1. The third kappa shape index (κ3) is 7.80. The fraction of sp³-hybridized carbons (Fsp3) is 0.441. The largest absolute Gasteiger partial charge is 0.436 e. The lowest BCUT2D eigenvalue weighted by Crippen LogP contribution is -2.39. The number of hydrogen-bond acceptors (Lipinski definition) is 9. The molecule has 0 bridgehead atoms. The average molecular weight is 659 g/mol. The summed E-state index contributed by atoms with van der Waals surface area (Å²) in [5, 5.41) is 20.0. The van der Waals surface area contributed by atoms with Crippen molar-refractivity contribution in [2.45, 2.75) is 77.2 Å². The second kappa shape index (κ2) is 13.8. The number of amides is 1. The van der Waals surface area contributed by atoms with Crippen LogP contribution in [0.3, 0.4) is 0 Å². The number of para-hydroxylation sites is 1. The van der Waals surface area contributed by atoms with Gasteiger partial charge in [-0.05, 0) is 66.4 Å². The van der Waals surface area contributed by atoms with E-state index in [0.29, 0.717) is 39.3 Å². The van der Waals surface area contributed by atoms with Crippen molar-refractivity contribution in [3.05, 3.63) is 87.4 Å². The number of carbonyl (C=O) groups is 1. The number of ether oxygens (including phenoxy) is 2. The van der Waals surface area contributed by atoms with E-state index in [9.17, 15) is 14.7 Å². The molecule has 2 N–H and O–H groups in total. The number of H-pyrrole nitrogens is 1. The van der Waals surface area contributed by atoms with Gasteiger partial charge in [0, 0.05) is 56.9 Å². The van der Waals surface area contributed by atoms with Crippen LogP contribution < -0.4 is 5.56 Å². The van der Waals surface area contributed by atoms with Crippen LogP contribution in [0.15, 0.2) is 58.0 Å². The van der Waals surface area contributed by atoms with Crippen molar-refractivity contribution in [1.29, 1.82) is 0 Å². The number of carbonyl (C=O) groups excluding carboxylic acids is 1. The first kappa shape index (κ1) is 32.6. The number of aromatic nitrogens is 5. The van der Waals surface area contributed by atoms with Crippen LogP contribution in [0.2, 0.25) is 25.7 Å². The Morgan fingerprint density at radius 1 is 1.15 bits per heavy atom. The highest BCUT2D eigenvalue weighted by atomic mass is 28.3. The Hall–Kier alpha value is -4.33. The predicted molar refractivity (Wildman–Crippen MR) is 180 cm³/mol. The standard InChI is InChI=1S/C34H42N6O6Si/c1-22-15-23(16-26-19-40(37-31(22)26)21-44-13-14-47(2,3)4)17-29(33-36-30(20-41)38-46-33)45-34(43)39-11-9-24(10-12-39)27-18-25-7-5-6-8-28(25)35-32(27)42/h5-8,15-16,18-19,24,29,41H,9-14,17,20-21H2,1-4H3,(H,35,42)/t29-/m1/s1. The highest BCUT2D eigenvalue weighted by Gasteiger charge is 2.31. The number of aromatic amines is 1. The number of aliphatic hydroxyl groups excluding tert-OH is 1. The zero-order valence-corrected chi connectivity index (χ0v) is 28.4. The molecule has 47 heavy (non-hydrogen) atoms. The maximum atomic E-state index is 13.5. The lowest BCUT2D eigenvalue weighted by molar-refractivity contribution is 0.0416. The molecule has 2 aromatic carbocycles. The number of benzene rings is 2. The van der Waals surface area contributed by atoms with E-state index in [1.807, 2.05) is 60.3 Å². The molecule has 0 radical (unpaired) electrons. The van der Waals surface area contributed by atoms with Gasteiger partial charge in [-0.1, -0.05) is 49.1 Å². The highest BCUT2D eigenvalue weighted by molar-refractivity contribution is 6.76. The van der Waals surface area contributed by atoms with Gasteiger partial charge >= 0.3 is 6.09 Å². The summed E-state index contributed by atoms with van der Waals surface area (Å²) in [6.45, 7) is 10.6. The summed E-state index contributed by atoms with van der Waals surface area (Å²) >= 11 is 0. The number of likely N-dealkylation sites (tertiary alicyclic amines) is 1. The molecule has 1 aliphatic heterocycles. The maximum absolute atomic E-state index is 13.5. The quantitative estimate of drug-likeness (QED) is 0.135. The SMILES string of the molecule is Cc1cc(C[C@@H](OC(=O)N2CCC(c3cc4ccccc4[nH]c3=O)CC2)c2nc(CO)no2)cc2cn(COCC[Si](C)(C)C)nc12. The Kier molecular flexibility index (Phi) is 9.57. The molecule has 6 rings (SSSR count). The first-order chi connectivity index (χ1) is 22.6. The van der Waals surface area contributed by atoms with Crippen LogP contribution in [0.5, 0.6) is 0 Å². The minimum absolute atomic E-state index is 0.0348. The van der Waals surface area contributed by atoms with Crippen molar-refractivity contribution in [1.82, 2.24) is 29.8 Å². The average Bonchev–Trinajstić information content (AvgIpc) is 3.70. The number of aliphatic hydroxyl groups is 1. The number of pyridine rings is 1. The topological polar surface area (TPSA) is 149 Å². The Labute approximate surface area is 273 Å². The summed E-state index contributed by atoms with van der Waals surface area (Å²) in [5.74, 6) is 0.265. The van der Waals surface area contributed by atoms with Gasteiger partial charge in [0.1, 0.15) is 13.3 Å². The first-order valence-corrected chi connectivity index (χ1v) is 19.8. The van der Waals surface area contributed by atoms with E-state index in [2.05, 4.69) is 34.8 Å². The molecule has 0 spiro atoms. The molecule has 1 saturated heterocycles. The summed E-state index contributed by atoms with van der Waals surface area (Å²) < 4.78 is 19.1.